The van der Waals surface area contributed by atoms with Crippen molar-refractivity contribution in [3.8, 4) is 0 Å². The monoisotopic (exact) mass is 396 g/mol. The lowest BCUT2D eigenvalue weighted by atomic mass is 9.95. The first kappa shape index (κ1) is 19.2. The molecule has 2 N–H and O–H groups in total. The van der Waals surface area contributed by atoms with Crippen molar-refractivity contribution in [1.82, 2.24) is 10.2 Å². The van der Waals surface area contributed by atoms with Crippen molar-refractivity contribution in [2.75, 3.05) is 18.4 Å². The summed E-state index contributed by atoms with van der Waals surface area (Å²) in [4.78, 5) is 19.9. The highest BCUT2D eigenvalue weighted by Gasteiger charge is 2.45. The van der Waals surface area contributed by atoms with E-state index in [4.69, 9.17) is 4.99 Å². The number of hydrogen-bond acceptors (Lipinski definition) is 4. The molecule has 1 fully saturated rings. The Morgan fingerprint density at radius 3 is 2.86 bits per heavy atom. The molecular formula is C22H28N4OS. The van der Waals surface area contributed by atoms with Gasteiger partial charge in [-0.2, -0.15) is 11.3 Å². The number of carbonyl (C=O) groups excluding carboxylic acids is 1. The summed E-state index contributed by atoms with van der Waals surface area (Å²) >= 11 is 1.64. The fourth-order valence-corrected chi connectivity index (χ4v) is 4.57. The number of aliphatic imine (C=N–C) groups is 1. The lowest BCUT2D eigenvalue weighted by Crippen LogP contribution is -2.56. The smallest absolute Gasteiger partial charge is 0.227 e. The number of fused-ring (bicyclic) bond motifs is 1. The molecule has 0 saturated carbocycles. The summed E-state index contributed by atoms with van der Waals surface area (Å²) < 4.78 is 0. The number of anilines is 1. The zero-order valence-corrected chi connectivity index (χ0v) is 17.6. The molecule has 0 unspecified atom stereocenters. The number of carbonyl (C=O) groups is 1. The van der Waals surface area contributed by atoms with Crippen molar-refractivity contribution >= 4 is 28.8 Å². The minimum absolute atomic E-state index is 0.189. The van der Waals surface area contributed by atoms with Gasteiger partial charge in [0.25, 0.3) is 0 Å². The molecule has 2 aromatic rings. The Hall–Kier alpha value is -2.18. The van der Waals surface area contributed by atoms with E-state index in [2.05, 4.69) is 55.0 Å². The van der Waals surface area contributed by atoms with Crippen LogP contribution in [0.3, 0.4) is 0 Å². The molecule has 1 aromatic heterocycles. The predicted octanol–water partition coefficient (Wildman–Crippen LogP) is 3.67. The van der Waals surface area contributed by atoms with Crippen LogP contribution in [0.2, 0.25) is 0 Å². The summed E-state index contributed by atoms with van der Waals surface area (Å²) in [6.07, 6.45) is 1.33. The number of para-hydroxylation sites is 1. The zero-order chi connectivity index (χ0) is 19.8. The summed E-state index contributed by atoms with van der Waals surface area (Å²) in [5, 5.41) is 11.4. The van der Waals surface area contributed by atoms with Gasteiger partial charge in [-0.05, 0) is 61.2 Å². The molecular weight excluding hydrogens is 368 g/mol. The molecule has 28 heavy (non-hydrogen) atoms. The average Bonchev–Trinajstić information content (AvgIpc) is 3.27. The molecule has 0 radical (unpaired) electrons. The SMILES string of the molecule is CC(C)(C)N=C1Nc2ccccc2CN[C@@]12CCN(C(=O)Cc1ccsc1)C2. The first-order chi connectivity index (χ1) is 13.3. The molecule has 3 heterocycles. The first-order valence-corrected chi connectivity index (χ1v) is 10.8. The molecule has 6 heteroatoms. The van der Waals surface area contributed by atoms with Gasteiger partial charge in [-0.15, -0.1) is 0 Å². The van der Waals surface area contributed by atoms with E-state index in [-0.39, 0.29) is 17.0 Å². The molecule has 0 aliphatic carbocycles. The third-order valence-electron chi connectivity index (χ3n) is 5.35. The van der Waals surface area contributed by atoms with E-state index in [1.807, 2.05) is 22.4 Å². The van der Waals surface area contributed by atoms with Gasteiger partial charge in [0.2, 0.25) is 5.91 Å². The number of amides is 1. The van der Waals surface area contributed by atoms with Crippen molar-refractivity contribution in [1.29, 1.82) is 0 Å². The Kier molecular flexibility index (Phi) is 5.02. The molecule has 1 spiro atoms. The minimum atomic E-state index is -0.337. The number of hydrogen-bond donors (Lipinski definition) is 2. The molecule has 1 saturated heterocycles. The van der Waals surface area contributed by atoms with E-state index in [1.54, 1.807) is 11.3 Å². The molecule has 1 amide bonds. The van der Waals surface area contributed by atoms with Crippen LogP contribution in [-0.2, 0) is 17.8 Å². The molecule has 1 atom stereocenters. The van der Waals surface area contributed by atoms with E-state index >= 15 is 0 Å². The second-order valence-corrected chi connectivity index (χ2v) is 9.50. The Balaban J connectivity index is 1.61. The van der Waals surface area contributed by atoms with Crippen molar-refractivity contribution in [3.63, 3.8) is 0 Å². The van der Waals surface area contributed by atoms with Crippen molar-refractivity contribution < 1.29 is 4.79 Å². The average molecular weight is 397 g/mol. The van der Waals surface area contributed by atoms with E-state index in [0.717, 1.165) is 36.6 Å². The van der Waals surface area contributed by atoms with Crippen LogP contribution in [0.1, 0.15) is 38.3 Å². The largest absolute Gasteiger partial charge is 0.342 e. The van der Waals surface area contributed by atoms with Gasteiger partial charge in [0.15, 0.2) is 0 Å². The fraction of sp³-hybridized carbons (Fsp3) is 0.455. The van der Waals surface area contributed by atoms with Crippen molar-refractivity contribution in [2.45, 2.75) is 51.2 Å². The second-order valence-electron chi connectivity index (χ2n) is 8.72. The van der Waals surface area contributed by atoms with Crippen molar-refractivity contribution in [3.05, 3.63) is 52.2 Å². The lowest BCUT2D eigenvalue weighted by molar-refractivity contribution is -0.129. The van der Waals surface area contributed by atoms with Crippen LogP contribution in [-0.4, -0.2) is 40.8 Å². The summed E-state index contributed by atoms with van der Waals surface area (Å²) in [6, 6.07) is 10.4. The van der Waals surface area contributed by atoms with Gasteiger partial charge < -0.3 is 10.2 Å². The number of nitrogens with one attached hydrogen (secondary N) is 2. The van der Waals surface area contributed by atoms with E-state index in [0.29, 0.717) is 13.0 Å². The van der Waals surface area contributed by atoms with Gasteiger partial charge in [-0.1, -0.05) is 18.2 Å². The molecule has 2 aliphatic rings. The fourth-order valence-electron chi connectivity index (χ4n) is 3.90. The summed E-state index contributed by atoms with van der Waals surface area (Å²) in [5.74, 6) is 1.13. The number of amidine groups is 1. The minimum Gasteiger partial charge on any atom is -0.342 e. The van der Waals surface area contributed by atoms with Gasteiger partial charge in [-0.3, -0.25) is 15.1 Å². The van der Waals surface area contributed by atoms with Gasteiger partial charge in [0, 0.05) is 25.3 Å². The zero-order valence-electron chi connectivity index (χ0n) is 16.8. The maximum atomic E-state index is 12.9. The van der Waals surface area contributed by atoms with Crippen LogP contribution < -0.4 is 10.6 Å². The molecule has 2 aliphatic heterocycles. The third kappa shape index (κ3) is 3.98. The van der Waals surface area contributed by atoms with Crippen molar-refractivity contribution in [2.24, 2.45) is 4.99 Å². The number of rotatable bonds is 2. The van der Waals surface area contributed by atoms with Crippen LogP contribution in [0.15, 0.2) is 46.1 Å². The quantitative estimate of drug-likeness (QED) is 0.814. The standard InChI is InChI=1S/C22H28N4OS/c1-21(2,3)25-20-22(23-13-17-6-4-5-7-18(17)24-20)9-10-26(15-22)19(27)12-16-8-11-28-14-16/h4-8,11,14,23H,9-10,12-13,15H2,1-3H3,(H,24,25)/t22-/m1/s1. The second kappa shape index (κ2) is 7.33. The highest BCUT2D eigenvalue weighted by atomic mass is 32.1. The molecule has 0 bridgehead atoms. The Labute approximate surface area is 170 Å². The Morgan fingerprint density at radius 1 is 1.29 bits per heavy atom. The highest BCUT2D eigenvalue weighted by Crippen LogP contribution is 2.31. The predicted molar refractivity (Wildman–Crippen MR) is 116 cm³/mol. The number of nitrogens with zero attached hydrogens (tertiary/aromatic N) is 2. The van der Waals surface area contributed by atoms with E-state index in [1.165, 1.54) is 5.56 Å². The van der Waals surface area contributed by atoms with Crippen LogP contribution in [0.5, 0.6) is 0 Å². The molecule has 4 rings (SSSR count). The Bertz CT molecular complexity index is 884. The summed E-state index contributed by atoms with van der Waals surface area (Å²) in [5.41, 5.74) is 2.88. The number of benzene rings is 1. The third-order valence-corrected chi connectivity index (χ3v) is 6.08. The summed E-state index contributed by atoms with van der Waals surface area (Å²) in [7, 11) is 0. The van der Waals surface area contributed by atoms with E-state index in [9.17, 15) is 4.79 Å². The Morgan fingerprint density at radius 2 is 2.11 bits per heavy atom. The van der Waals surface area contributed by atoms with E-state index < -0.39 is 0 Å². The maximum absolute atomic E-state index is 12.9. The number of thiophene rings is 1. The molecule has 1 aromatic carbocycles. The molecule has 148 valence electrons. The topological polar surface area (TPSA) is 56.7 Å². The lowest BCUT2D eigenvalue weighted by Gasteiger charge is -2.32. The van der Waals surface area contributed by atoms with Crippen LogP contribution in [0, 0.1) is 0 Å². The summed E-state index contributed by atoms with van der Waals surface area (Å²) in [6.45, 7) is 8.49. The van der Waals surface area contributed by atoms with Crippen LogP contribution in [0.25, 0.3) is 0 Å². The maximum Gasteiger partial charge on any atom is 0.227 e. The number of likely N-dealkylation sites (tertiary alicyclic amines) is 1. The van der Waals surface area contributed by atoms with Crippen LogP contribution >= 0.6 is 11.3 Å². The highest BCUT2D eigenvalue weighted by molar-refractivity contribution is 7.08. The van der Waals surface area contributed by atoms with Gasteiger partial charge in [0.1, 0.15) is 5.84 Å². The van der Waals surface area contributed by atoms with Gasteiger partial charge >= 0.3 is 0 Å². The molecule has 5 nitrogen and oxygen atoms in total. The van der Waals surface area contributed by atoms with Crippen LogP contribution in [0.4, 0.5) is 5.69 Å². The van der Waals surface area contributed by atoms with Gasteiger partial charge in [0.05, 0.1) is 17.5 Å². The van der Waals surface area contributed by atoms with Gasteiger partial charge in [-0.25, -0.2) is 0 Å². The first-order valence-electron chi connectivity index (χ1n) is 9.84. The normalized spacial score (nSPS) is 23.5.